The Kier molecular flexibility index (Phi) is 6.33. The zero-order chi connectivity index (χ0) is 13.5. The molecule has 0 amide bonds. The fraction of sp³-hybridized carbons (Fsp3) is 0.500. The van der Waals surface area contributed by atoms with Gasteiger partial charge in [-0.05, 0) is 30.4 Å². The van der Waals surface area contributed by atoms with Gasteiger partial charge in [0.25, 0.3) is 0 Å². The molecule has 0 aliphatic heterocycles. The largest absolute Gasteiger partial charge is 0.404 e. The van der Waals surface area contributed by atoms with Crippen molar-refractivity contribution in [3.8, 4) is 0 Å². The Labute approximate surface area is 105 Å². The van der Waals surface area contributed by atoms with E-state index < -0.39 is 0 Å². The van der Waals surface area contributed by atoms with Crippen LogP contribution >= 0.6 is 0 Å². The first-order valence-electron chi connectivity index (χ1n) is 5.78. The van der Waals surface area contributed by atoms with Gasteiger partial charge >= 0.3 is 0 Å². The van der Waals surface area contributed by atoms with Crippen LogP contribution in [-0.2, 0) is 0 Å². The highest BCUT2D eigenvalue weighted by Gasteiger charge is 2.06. The van der Waals surface area contributed by atoms with Crippen molar-refractivity contribution in [3.63, 3.8) is 0 Å². The molecule has 0 saturated heterocycles. The Morgan fingerprint density at radius 2 is 1.82 bits per heavy atom. The van der Waals surface area contributed by atoms with E-state index in [1.165, 1.54) is 0 Å². The number of aliphatic imine (C=N–C) groups is 1. The molecule has 0 aromatic rings. The van der Waals surface area contributed by atoms with Crippen molar-refractivity contribution in [1.29, 1.82) is 0 Å². The average molecular weight is 235 g/mol. The van der Waals surface area contributed by atoms with Crippen LogP contribution in [0, 0.1) is 5.41 Å². The molecule has 0 aromatic carbocycles. The summed E-state index contributed by atoms with van der Waals surface area (Å²) in [5.41, 5.74) is 9.00. The summed E-state index contributed by atoms with van der Waals surface area (Å²) in [5.74, 6) is 0. The molecule has 0 unspecified atom stereocenters. The maximum absolute atomic E-state index is 5.66. The number of nitrogens with two attached hydrogens (primary N) is 1. The van der Waals surface area contributed by atoms with Crippen molar-refractivity contribution in [2.24, 2.45) is 16.1 Å². The minimum atomic E-state index is 0.154. The fourth-order valence-electron chi connectivity index (χ4n) is 1.13. The molecule has 0 atom stereocenters. The highest BCUT2D eigenvalue weighted by atomic mass is 14.9. The molecule has 3 N–H and O–H groups in total. The molecule has 0 saturated carbocycles. The number of rotatable bonds is 4. The Morgan fingerprint density at radius 3 is 2.24 bits per heavy atom. The molecular formula is C14H25N3. The predicted octanol–water partition coefficient (Wildman–Crippen LogP) is 2.97. The minimum absolute atomic E-state index is 0.154. The first kappa shape index (κ1) is 15.5. The molecule has 0 radical (unpaired) electrons. The molecule has 0 spiro atoms. The first-order chi connectivity index (χ1) is 7.81. The van der Waals surface area contributed by atoms with Gasteiger partial charge in [0, 0.05) is 18.9 Å². The van der Waals surface area contributed by atoms with E-state index in [2.05, 4.69) is 43.2 Å². The van der Waals surface area contributed by atoms with E-state index in [0.29, 0.717) is 0 Å². The quantitative estimate of drug-likeness (QED) is 0.447. The van der Waals surface area contributed by atoms with Gasteiger partial charge in [-0.2, -0.15) is 0 Å². The second-order valence-electron chi connectivity index (χ2n) is 5.10. The third kappa shape index (κ3) is 6.61. The topological polar surface area (TPSA) is 50.4 Å². The van der Waals surface area contributed by atoms with Gasteiger partial charge in [0.1, 0.15) is 0 Å². The molecule has 3 nitrogen and oxygen atoms in total. The van der Waals surface area contributed by atoms with E-state index in [0.717, 1.165) is 16.8 Å². The highest BCUT2D eigenvalue weighted by Crippen LogP contribution is 2.19. The van der Waals surface area contributed by atoms with Crippen molar-refractivity contribution >= 4 is 6.34 Å². The van der Waals surface area contributed by atoms with Crippen LogP contribution in [0.25, 0.3) is 0 Å². The monoisotopic (exact) mass is 235 g/mol. The lowest BCUT2D eigenvalue weighted by atomic mass is 9.94. The van der Waals surface area contributed by atoms with Crippen LogP contribution in [0.1, 0.15) is 34.6 Å². The summed E-state index contributed by atoms with van der Waals surface area (Å²) >= 11 is 0. The molecular weight excluding hydrogens is 210 g/mol. The van der Waals surface area contributed by atoms with Gasteiger partial charge in [-0.1, -0.05) is 32.9 Å². The zero-order valence-electron chi connectivity index (χ0n) is 11.8. The van der Waals surface area contributed by atoms with Crippen molar-refractivity contribution < 1.29 is 0 Å². The molecule has 0 heterocycles. The molecule has 0 aromatic heterocycles. The first-order valence-corrected chi connectivity index (χ1v) is 5.78. The smallest absolute Gasteiger partial charge is 0.0861 e. The standard InChI is InChI=1S/C14H25N3/c1-11(12(2)17-10-16-6)13(9-15)7-8-14(3,4)5/h7-10H,15H2,1-6H3,(H,16,17)/b8-7-,12-11+,13-9+. The summed E-state index contributed by atoms with van der Waals surface area (Å²) in [5, 5.41) is 3.10. The van der Waals surface area contributed by atoms with Crippen molar-refractivity contribution in [2.45, 2.75) is 34.6 Å². The molecule has 0 fully saturated rings. The zero-order valence-corrected chi connectivity index (χ0v) is 11.8. The number of nitrogens with zero attached hydrogens (tertiary/aromatic N) is 1. The summed E-state index contributed by atoms with van der Waals surface area (Å²) < 4.78 is 0. The second kappa shape index (κ2) is 6.94. The lowest BCUT2D eigenvalue weighted by molar-refractivity contribution is 0.544. The van der Waals surface area contributed by atoms with Crippen LogP contribution in [0.4, 0.5) is 0 Å². The number of hydrogen-bond donors (Lipinski definition) is 2. The number of hydrogen-bond acceptors (Lipinski definition) is 2. The summed E-state index contributed by atoms with van der Waals surface area (Å²) in [4.78, 5) is 3.89. The lowest BCUT2D eigenvalue weighted by Gasteiger charge is -2.13. The Hall–Kier alpha value is -1.51. The Balaban J connectivity index is 4.97. The van der Waals surface area contributed by atoms with E-state index in [1.807, 2.05) is 13.8 Å². The van der Waals surface area contributed by atoms with Gasteiger partial charge in [-0.25, -0.2) is 0 Å². The Bertz CT molecular complexity index is 352. The van der Waals surface area contributed by atoms with Gasteiger partial charge in [-0.15, -0.1) is 0 Å². The maximum atomic E-state index is 5.66. The van der Waals surface area contributed by atoms with Crippen LogP contribution in [0.3, 0.4) is 0 Å². The molecule has 96 valence electrons. The number of nitrogens with one attached hydrogen (secondary N) is 1. The minimum Gasteiger partial charge on any atom is -0.404 e. The maximum Gasteiger partial charge on any atom is 0.0861 e. The predicted molar refractivity (Wildman–Crippen MR) is 76.8 cm³/mol. The van der Waals surface area contributed by atoms with Crippen molar-refractivity contribution in [3.05, 3.63) is 35.2 Å². The van der Waals surface area contributed by atoms with E-state index in [-0.39, 0.29) is 5.41 Å². The van der Waals surface area contributed by atoms with E-state index in [1.54, 1.807) is 19.6 Å². The van der Waals surface area contributed by atoms with Gasteiger partial charge in [0.05, 0.1) is 6.34 Å². The molecule has 0 aliphatic carbocycles. The van der Waals surface area contributed by atoms with Crippen LogP contribution in [0.15, 0.2) is 40.2 Å². The summed E-state index contributed by atoms with van der Waals surface area (Å²) in [7, 11) is 1.73. The van der Waals surface area contributed by atoms with Gasteiger partial charge < -0.3 is 11.1 Å². The van der Waals surface area contributed by atoms with Gasteiger partial charge in [0.2, 0.25) is 0 Å². The van der Waals surface area contributed by atoms with Crippen LogP contribution in [0.2, 0.25) is 0 Å². The second-order valence-corrected chi connectivity index (χ2v) is 5.10. The van der Waals surface area contributed by atoms with Crippen LogP contribution in [0.5, 0.6) is 0 Å². The third-order valence-corrected chi connectivity index (χ3v) is 2.35. The third-order valence-electron chi connectivity index (χ3n) is 2.35. The van der Waals surface area contributed by atoms with Crippen molar-refractivity contribution in [2.75, 3.05) is 7.05 Å². The van der Waals surface area contributed by atoms with E-state index in [9.17, 15) is 0 Å². The average Bonchev–Trinajstić information content (AvgIpc) is 2.24. The van der Waals surface area contributed by atoms with Gasteiger partial charge in [0.15, 0.2) is 0 Å². The van der Waals surface area contributed by atoms with E-state index >= 15 is 0 Å². The summed E-state index contributed by atoms with van der Waals surface area (Å²) in [6.07, 6.45) is 7.51. The SMILES string of the molecule is CN=CN/C(C)=C(C)/C(/C=C\C(C)(C)C)=C/N. The Morgan fingerprint density at radius 1 is 1.24 bits per heavy atom. The van der Waals surface area contributed by atoms with Crippen LogP contribution in [-0.4, -0.2) is 13.4 Å². The highest BCUT2D eigenvalue weighted by molar-refractivity contribution is 5.58. The normalized spacial score (nSPS) is 15.5. The lowest BCUT2D eigenvalue weighted by Crippen LogP contribution is -2.10. The molecule has 0 rings (SSSR count). The van der Waals surface area contributed by atoms with Gasteiger partial charge in [-0.3, -0.25) is 4.99 Å². The van der Waals surface area contributed by atoms with Crippen LogP contribution < -0.4 is 11.1 Å². The number of allylic oxidation sites excluding steroid dienone is 5. The van der Waals surface area contributed by atoms with E-state index in [4.69, 9.17) is 5.73 Å². The van der Waals surface area contributed by atoms with Crippen molar-refractivity contribution in [1.82, 2.24) is 5.32 Å². The molecule has 0 bridgehead atoms. The molecule has 3 heteroatoms. The fourth-order valence-corrected chi connectivity index (χ4v) is 1.13. The summed E-state index contributed by atoms with van der Waals surface area (Å²) in [6, 6.07) is 0. The molecule has 0 aliphatic rings. The summed E-state index contributed by atoms with van der Waals surface area (Å²) in [6.45, 7) is 10.5. The molecule has 17 heavy (non-hydrogen) atoms.